The van der Waals surface area contributed by atoms with Crippen molar-refractivity contribution in [3.8, 4) is 0 Å². The van der Waals surface area contributed by atoms with Crippen LogP contribution >= 0.6 is 11.3 Å². The molecule has 0 bridgehead atoms. The summed E-state index contributed by atoms with van der Waals surface area (Å²) in [5.41, 5.74) is -1.84. The van der Waals surface area contributed by atoms with E-state index in [2.05, 4.69) is 0 Å². The van der Waals surface area contributed by atoms with Crippen molar-refractivity contribution in [3.05, 3.63) is 21.9 Å². The van der Waals surface area contributed by atoms with Gasteiger partial charge in [0.05, 0.1) is 5.56 Å². The maximum Gasteiger partial charge on any atom is 0.406 e. The number of hydrogen-bond donors (Lipinski definition) is 1. The van der Waals surface area contributed by atoms with E-state index in [4.69, 9.17) is 5.11 Å². The molecule has 2 heterocycles. The van der Waals surface area contributed by atoms with Gasteiger partial charge in [0.25, 0.3) is 5.91 Å². The van der Waals surface area contributed by atoms with E-state index < -0.39 is 36.4 Å². The Morgan fingerprint density at radius 2 is 2.05 bits per heavy atom. The third-order valence-corrected chi connectivity index (χ3v) is 4.46. The number of carbonyl (C=O) groups excluding carboxylic acids is 1. The van der Waals surface area contributed by atoms with Gasteiger partial charge >= 0.3 is 12.1 Å². The first-order valence-corrected chi connectivity index (χ1v) is 6.75. The number of aryl methyl sites for hydroxylation is 1. The fraction of sp³-hybridized carbons (Fsp3) is 0.500. The first kappa shape index (κ1) is 14.8. The van der Waals surface area contributed by atoms with Gasteiger partial charge in [0, 0.05) is 18.5 Å². The molecule has 0 spiro atoms. The topological polar surface area (TPSA) is 57.6 Å². The van der Waals surface area contributed by atoms with Crippen LogP contribution in [-0.2, 0) is 4.79 Å². The van der Waals surface area contributed by atoms with Gasteiger partial charge in [-0.25, -0.2) is 0 Å². The molecule has 0 saturated carbocycles. The Hall–Kier alpha value is -1.57. The van der Waals surface area contributed by atoms with Crippen molar-refractivity contribution in [1.82, 2.24) is 4.90 Å². The highest BCUT2D eigenvalue weighted by Crippen LogP contribution is 2.46. The summed E-state index contributed by atoms with van der Waals surface area (Å²) in [6, 6.07) is 0. The quantitative estimate of drug-likeness (QED) is 0.913. The van der Waals surface area contributed by atoms with E-state index in [9.17, 15) is 22.8 Å². The molecule has 0 aromatic carbocycles. The number of alkyl halides is 3. The van der Waals surface area contributed by atoms with Crippen LogP contribution in [0.15, 0.2) is 10.8 Å². The van der Waals surface area contributed by atoms with Crippen molar-refractivity contribution in [2.24, 2.45) is 5.41 Å². The molecule has 1 atom stereocenters. The molecular formula is C12H12F3NO3S. The Bertz CT molecular complexity index is 554. The maximum atomic E-state index is 13.0. The van der Waals surface area contributed by atoms with Gasteiger partial charge in [-0.15, -0.1) is 0 Å². The summed E-state index contributed by atoms with van der Waals surface area (Å²) in [6.45, 7) is 0.647. The molecule has 0 aliphatic carbocycles. The van der Waals surface area contributed by atoms with Gasteiger partial charge in [-0.3, -0.25) is 9.59 Å². The van der Waals surface area contributed by atoms with Gasteiger partial charge in [-0.05, 0) is 24.3 Å². The summed E-state index contributed by atoms with van der Waals surface area (Å²) in [5, 5.41) is 12.2. The summed E-state index contributed by atoms with van der Waals surface area (Å²) in [6.07, 6.45) is -5.49. The number of carbonyl (C=O) groups is 2. The summed E-state index contributed by atoms with van der Waals surface area (Å²) in [4.78, 5) is 24.1. The van der Waals surface area contributed by atoms with Crippen LogP contribution in [0.5, 0.6) is 0 Å². The lowest BCUT2D eigenvalue weighted by atomic mass is 9.86. The number of nitrogens with zero attached hydrogens (tertiary/aromatic N) is 1. The van der Waals surface area contributed by atoms with Crippen LogP contribution in [-0.4, -0.2) is 41.1 Å². The first-order valence-electron chi connectivity index (χ1n) is 5.81. The minimum Gasteiger partial charge on any atom is -0.481 e. The van der Waals surface area contributed by atoms with Gasteiger partial charge in [-0.2, -0.15) is 24.5 Å². The molecule has 20 heavy (non-hydrogen) atoms. The van der Waals surface area contributed by atoms with Gasteiger partial charge in [-0.1, -0.05) is 0 Å². The average Bonchev–Trinajstić information content (AvgIpc) is 2.93. The SMILES string of the molecule is Cc1cscc1C(=O)N1CC[C@@](C(=O)O)(C(F)(F)F)C1. The van der Waals surface area contributed by atoms with E-state index in [0.29, 0.717) is 11.1 Å². The number of aliphatic carboxylic acids is 1. The third-order valence-electron chi connectivity index (χ3n) is 3.59. The molecule has 110 valence electrons. The standard InChI is InChI=1S/C12H12F3NO3S/c1-7-4-20-5-8(7)9(17)16-3-2-11(6-16,10(18)19)12(13,14)15/h4-5H,2-3,6H2,1H3,(H,18,19)/t11-/m1/s1. The van der Waals surface area contributed by atoms with Crippen molar-refractivity contribution < 1.29 is 27.9 Å². The second kappa shape index (κ2) is 4.76. The molecule has 1 aliphatic heterocycles. The van der Waals surface area contributed by atoms with Crippen molar-refractivity contribution in [1.29, 1.82) is 0 Å². The predicted molar refractivity (Wildman–Crippen MR) is 65.7 cm³/mol. The molecular weight excluding hydrogens is 295 g/mol. The Kier molecular flexibility index (Phi) is 3.53. The summed E-state index contributed by atoms with van der Waals surface area (Å²) >= 11 is 1.28. The molecule has 1 N–H and O–H groups in total. The second-order valence-electron chi connectivity index (χ2n) is 4.83. The van der Waals surface area contributed by atoms with Crippen LogP contribution in [0.2, 0.25) is 0 Å². The van der Waals surface area contributed by atoms with Crippen molar-refractivity contribution >= 4 is 23.2 Å². The largest absolute Gasteiger partial charge is 0.481 e. The lowest BCUT2D eigenvalue weighted by Gasteiger charge is -2.27. The number of likely N-dealkylation sites (tertiary alicyclic amines) is 1. The zero-order valence-electron chi connectivity index (χ0n) is 10.5. The van der Waals surface area contributed by atoms with Gasteiger partial charge < -0.3 is 10.0 Å². The van der Waals surface area contributed by atoms with Gasteiger partial charge in [0.15, 0.2) is 5.41 Å². The third kappa shape index (κ3) is 2.17. The summed E-state index contributed by atoms with van der Waals surface area (Å²) < 4.78 is 39.0. The molecule has 1 amide bonds. The van der Waals surface area contributed by atoms with Gasteiger partial charge in [0.1, 0.15) is 0 Å². The molecule has 1 aromatic rings. The van der Waals surface area contributed by atoms with Crippen molar-refractivity contribution in [2.45, 2.75) is 19.5 Å². The van der Waals surface area contributed by atoms with E-state index in [1.807, 2.05) is 0 Å². The normalized spacial score (nSPS) is 23.1. The smallest absolute Gasteiger partial charge is 0.406 e. The van der Waals surface area contributed by atoms with E-state index in [1.165, 1.54) is 11.3 Å². The zero-order chi connectivity index (χ0) is 15.1. The molecule has 1 aromatic heterocycles. The van der Waals surface area contributed by atoms with Crippen LogP contribution in [0.4, 0.5) is 13.2 Å². The van der Waals surface area contributed by atoms with E-state index in [0.717, 1.165) is 4.90 Å². The highest BCUT2D eigenvalue weighted by atomic mass is 32.1. The molecule has 4 nitrogen and oxygen atoms in total. The van der Waals surface area contributed by atoms with E-state index in [-0.39, 0.29) is 6.54 Å². The van der Waals surface area contributed by atoms with Crippen LogP contribution in [0.3, 0.4) is 0 Å². The lowest BCUT2D eigenvalue weighted by molar-refractivity contribution is -0.227. The second-order valence-corrected chi connectivity index (χ2v) is 5.57. The Morgan fingerprint density at radius 3 is 2.45 bits per heavy atom. The number of thiophene rings is 1. The number of carboxylic acids is 1. The lowest BCUT2D eigenvalue weighted by Crippen LogP contribution is -2.47. The van der Waals surface area contributed by atoms with Crippen molar-refractivity contribution in [2.75, 3.05) is 13.1 Å². The molecule has 8 heteroatoms. The highest BCUT2D eigenvalue weighted by Gasteiger charge is 2.64. The Labute approximate surface area is 116 Å². The minimum atomic E-state index is -4.88. The Balaban J connectivity index is 2.26. The first-order chi connectivity index (χ1) is 9.19. The van der Waals surface area contributed by atoms with Crippen LogP contribution in [0, 0.1) is 12.3 Å². The number of halogens is 3. The Morgan fingerprint density at radius 1 is 1.40 bits per heavy atom. The molecule has 2 rings (SSSR count). The van der Waals surface area contributed by atoms with Crippen LogP contribution < -0.4 is 0 Å². The van der Waals surface area contributed by atoms with E-state index in [1.54, 1.807) is 17.7 Å². The predicted octanol–water partition coefficient (Wildman–Crippen LogP) is 2.54. The van der Waals surface area contributed by atoms with Gasteiger partial charge in [0.2, 0.25) is 0 Å². The molecule has 0 unspecified atom stereocenters. The average molecular weight is 307 g/mol. The fourth-order valence-electron chi connectivity index (χ4n) is 2.26. The monoisotopic (exact) mass is 307 g/mol. The number of rotatable bonds is 2. The zero-order valence-corrected chi connectivity index (χ0v) is 11.3. The number of hydrogen-bond acceptors (Lipinski definition) is 3. The fourth-order valence-corrected chi connectivity index (χ4v) is 3.08. The molecule has 1 aliphatic rings. The minimum absolute atomic E-state index is 0.208. The van der Waals surface area contributed by atoms with Crippen LogP contribution in [0.1, 0.15) is 22.3 Å². The highest BCUT2D eigenvalue weighted by molar-refractivity contribution is 7.08. The number of carboxylic acid groups (broad SMARTS) is 1. The number of amides is 1. The van der Waals surface area contributed by atoms with Crippen molar-refractivity contribution in [3.63, 3.8) is 0 Å². The molecule has 1 fully saturated rings. The maximum absolute atomic E-state index is 13.0. The molecule has 1 saturated heterocycles. The van der Waals surface area contributed by atoms with Crippen LogP contribution in [0.25, 0.3) is 0 Å². The van der Waals surface area contributed by atoms with E-state index >= 15 is 0 Å². The molecule has 0 radical (unpaired) electrons. The summed E-state index contributed by atoms with van der Waals surface area (Å²) in [5.74, 6) is -2.47. The summed E-state index contributed by atoms with van der Waals surface area (Å²) in [7, 11) is 0.